The van der Waals surface area contributed by atoms with Gasteiger partial charge in [-0.25, -0.2) is 4.98 Å². The maximum atomic E-state index is 13.1. The summed E-state index contributed by atoms with van der Waals surface area (Å²) < 4.78 is 39.3. The van der Waals surface area contributed by atoms with Crippen molar-refractivity contribution in [2.45, 2.75) is 32.6 Å². The van der Waals surface area contributed by atoms with E-state index in [-0.39, 0.29) is 31.0 Å². The predicted molar refractivity (Wildman–Crippen MR) is 122 cm³/mol. The quantitative estimate of drug-likeness (QED) is 0.423. The number of nitrogens with one attached hydrogen (secondary N) is 1. The Morgan fingerprint density at radius 1 is 1.09 bits per heavy atom. The van der Waals surface area contributed by atoms with E-state index < -0.39 is 11.7 Å². The maximum Gasteiger partial charge on any atom is 0.416 e. The van der Waals surface area contributed by atoms with Crippen molar-refractivity contribution in [1.29, 1.82) is 0 Å². The molecule has 2 aromatic heterocycles. The number of aromatic nitrogens is 2. The zero-order valence-corrected chi connectivity index (χ0v) is 18.5. The third kappa shape index (κ3) is 5.14. The van der Waals surface area contributed by atoms with Gasteiger partial charge in [0.25, 0.3) is 5.56 Å². The van der Waals surface area contributed by atoms with E-state index in [4.69, 9.17) is 0 Å². The van der Waals surface area contributed by atoms with E-state index in [0.29, 0.717) is 15.8 Å². The standard InChI is InChI=1S/C24H20F3N3O2S/c1-15-2-6-17(7-3-15)19-13-33-22-21(19)23(32)30(14-29-22)11-10-20(31)28-12-16-4-8-18(9-5-16)24(25,26)27/h2-9,13-14H,10-12H2,1H3,(H,28,31). The highest BCUT2D eigenvalue weighted by molar-refractivity contribution is 7.17. The van der Waals surface area contributed by atoms with E-state index in [2.05, 4.69) is 10.3 Å². The Morgan fingerprint density at radius 3 is 2.45 bits per heavy atom. The fraction of sp³-hybridized carbons (Fsp3) is 0.208. The van der Waals surface area contributed by atoms with Crippen LogP contribution in [-0.4, -0.2) is 15.5 Å². The number of amides is 1. The number of thiophene rings is 1. The van der Waals surface area contributed by atoms with Crippen LogP contribution in [0.4, 0.5) is 13.2 Å². The maximum absolute atomic E-state index is 13.1. The summed E-state index contributed by atoms with van der Waals surface area (Å²) in [5.74, 6) is -0.314. The van der Waals surface area contributed by atoms with E-state index in [9.17, 15) is 22.8 Å². The first kappa shape index (κ1) is 22.7. The van der Waals surface area contributed by atoms with Gasteiger partial charge in [0.05, 0.1) is 17.3 Å². The van der Waals surface area contributed by atoms with Gasteiger partial charge in [0, 0.05) is 30.5 Å². The van der Waals surface area contributed by atoms with Crippen molar-refractivity contribution in [2.24, 2.45) is 0 Å². The summed E-state index contributed by atoms with van der Waals surface area (Å²) in [5.41, 5.74) is 2.46. The Bertz CT molecular complexity index is 1340. The Hall–Kier alpha value is -3.46. The third-order valence-corrected chi connectivity index (χ3v) is 6.16. The lowest BCUT2D eigenvalue weighted by Gasteiger charge is -2.09. The van der Waals surface area contributed by atoms with Crippen molar-refractivity contribution in [3.05, 3.63) is 87.3 Å². The summed E-state index contributed by atoms with van der Waals surface area (Å²) in [5, 5.41) is 5.10. The number of nitrogens with zero attached hydrogens (tertiary/aromatic N) is 2. The molecule has 33 heavy (non-hydrogen) atoms. The van der Waals surface area contributed by atoms with E-state index >= 15 is 0 Å². The second-order valence-corrected chi connectivity index (χ2v) is 8.52. The Morgan fingerprint density at radius 2 is 1.79 bits per heavy atom. The molecule has 1 N–H and O–H groups in total. The van der Waals surface area contributed by atoms with Crippen molar-refractivity contribution < 1.29 is 18.0 Å². The average molecular weight is 472 g/mol. The number of fused-ring (bicyclic) bond motifs is 1. The first-order valence-corrected chi connectivity index (χ1v) is 11.1. The molecule has 5 nitrogen and oxygen atoms in total. The molecule has 1 amide bonds. The highest BCUT2D eigenvalue weighted by Crippen LogP contribution is 2.31. The molecule has 2 heterocycles. The van der Waals surface area contributed by atoms with Crippen LogP contribution in [0, 0.1) is 6.92 Å². The van der Waals surface area contributed by atoms with Crippen LogP contribution in [-0.2, 0) is 24.1 Å². The van der Waals surface area contributed by atoms with Gasteiger partial charge in [0.1, 0.15) is 4.83 Å². The lowest BCUT2D eigenvalue weighted by atomic mass is 10.1. The van der Waals surface area contributed by atoms with Crippen LogP contribution in [0.15, 0.2) is 65.0 Å². The number of alkyl halides is 3. The predicted octanol–water partition coefficient (Wildman–Crippen LogP) is 5.16. The van der Waals surface area contributed by atoms with Crippen molar-refractivity contribution in [3.8, 4) is 11.1 Å². The van der Waals surface area contributed by atoms with Gasteiger partial charge in [0.2, 0.25) is 5.91 Å². The minimum absolute atomic E-state index is 0.0394. The SMILES string of the molecule is Cc1ccc(-c2csc3ncn(CCC(=O)NCc4ccc(C(F)(F)F)cc4)c(=O)c23)cc1. The molecule has 170 valence electrons. The zero-order chi connectivity index (χ0) is 23.6. The second-order valence-electron chi connectivity index (χ2n) is 7.66. The van der Waals surface area contributed by atoms with Gasteiger partial charge >= 0.3 is 6.18 Å². The highest BCUT2D eigenvalue weighted by atomic mass is 32.1. The van der Waals surface area contributed by atoms with Crippen molar-refractivity contribution in [1.82, 2.24) is 14.9 Å². The number of carbonyl (C=O) groups is 1. The third-order valence-electron chi connectivity index (χ3n) is 5.27. The number of rotatable bonds is 6. The number of halogens is 3. The minimum Gasteiger partial charge on any atom is -0.352 e. The van der Waals surface area contributed by atoms with Gasteiger partial charge < -0.3 is 5.32 Å². The van der Waals surface area contributed by atoms with Gasteiger partial charge in [-0.05, 0) is 30.2 Å². The van der Waals surface area contributed by atoms with Crippen LogP contribution in [0.3, 0.4) is 0 Å². The lowest BCUT2D eigenvalue weighted by Crippen LogP contribution is -2.27. The molecular weight excluding hydrogens is 451 g/mol. The first-order chi connectivity index (χ1) is 15.7. The van der Waals surface area contributed by atoms with Crippen LogP contribution in [0.5, 0.6) is 0 Å². The van der Waals surface area contributed by atoms with E-state index in [1.165, 1.54) is 34.4 Å². The lowest BCUT2D eigenvalue weighted by molar-refractivity contribution is -0.137. The molecule has 0 aliphatic carbocycles. The van der Waals surface area contributed by atoms with Crippen molar-refractivity contribution in [2.75, 3.05) is 0 Å². The molecule has 0 radical (unpaired) electrons. The molecule has 0 aliphatic rings. The van der Waals surface area contributed by atoms with Crippen LogP contribution >= 0.6 is 11.3 Å². The fourth-order valence-electron chi connectivity index (χ4n) is 3.40. The number of carbonyl (C=O) groups excluding carboxylic acids is 1. The van der Waals surface area contributed by atoms with Gasteiger partial charge in [-0.1, -0.05) is 42.0 Å². The van der Waals surface area contributed by atoms with Gasteiger partial charge in [-0.2, -0.15) is 13.2 Å². The molecule has 0 bridgehead atoms. The second kappa shape index (κ2) is 9.19. The Kier molecular flexibility index (Phi) is 6.33. The first-order valence-electron chi connectivity index (χ1n) is 10.2. The zero-order valence-electron chi connectivity index (χ0n) is 17.6. The molecule has 0 fully saturated rings. The topological polar surface area (TPSA) is 64.0 Å². The molecule has 0 saturated carbocycles. The van der Waals surface area contributed by atoms with Gasteiger partial charge in [0.15, 0.2) is 0 Å². The number of hydrogen-bond acceptors (Lipinski definition) is 4. The molecule has 4 aromatic rings. The highest BCUT2D eigenvalue weighted by Gasteiger charge is 2.29. The summed E-state index contributed by atoms with van der Waals surface area (Å²) in [4.78, 5) is 30.3. The van der Waals surface area contributed by atoms with Crippen LogP contribution in [0.2, 0.25) is 0 Å². The number of benzene rings is 2. The largest absolute Gasteiger partial charge is 0.416 e. The fourth-order valence-corrected chi connectivity index (χ4v) is 4.30. The van der Waals surface area contributed by atoms with Crippen LogP contribution in [0.1, 0.15) is 23.1 Å². The molecule has 4 rings (SSSR count). The summed E-state index contributed by atoms with van der Waals surface area (Å²) in [7, 11) is 0. The summed E-state index contributed by atoms with van der Waals surface area (Å²) in [6, 6.07) is 12.5. The molecule has 0 spiro atoms. The Labute approximate surface area is 191 Å². The monoisotopic (exact) mass is 471 g/mol. The molecule has 0 unspecified atom stereocenters. The van der Waals surface area contributed by atoms with Gasteiger partial charge in [-0.15, -0.1) is 11.3 Å². The van der Waals surface area contributed by atoms with Crippen molar-refractivity contribution in [3.63, 3.8) is 0 Å². The Balaban J connectivity index is 1.42. The molecule has 2 aromatic carbocycles. The van der Waals surface area contributed by atoms with Crippen molar-refractivity contribution >= 4 is 27.5 Å². The summed E-state index contributed by atoms with van der Waals surface area (Å²) in [6.45, 7) is 2.24. The molecule has 9 heteroatoms. The molecular formula is C24H20F3N3O2S. The smallest absolute Gasteiger partial charge is 0.352 e. The molecule has 0 atom stereocenters. The minimum atomic E-state index is -4.40. The average Bonchev–Trinajstić information content (AvgIpc) is 3.22. The normalized spacial score (nSPS) is 11.6. The van der Waals surface area contributed by atoms with Crippen LogP contribution < -0.4 is 10.9 Å². The summed E-state index contributed by atoms with van der Waals surface area (Å²) >= 11 is 1.39. The number of hydrogen-bond donors (Lipinski definition) is 1. The number of aryl methyl sites for hydroxylation is 2. The molecule has 0 saturated heterocycles. The van der Waals surface area contributed by atoms with E-state index in [1.807, 2.05) is 36.6 Å². The van der Waals surface area contributed by atoms with Crippen LogP contribution in [0.25, 0.3) is 21.3 Å². The van der Waals surface area contributed by atoms with Gasteiger partial charge in [-0.3, -0.25) is 14.2 Å². The van der Waals surface area contributed by atoms with E-state index in [1.54, 1.807) is 0 Å². The molecule has 0 aliphatic heterocycles. The summed E-state index contributed by atoms with van der Waals surface area (Å²) in [6.07, 6.45) is -2.92. The van der Waals surface area contributed by atoms with E-state index in [0.717, 1.165) is 28.8 Å².